The van der Waals surface area contributed by atoms with E-state index in [-0.39, 0.29) is 21.6 Å². The van der Waals surface area contributed by atoms with Crippen molar-refractivity contribution in [1.82, 2.24) is 9.80 Å². The second kappa shape index (κ2) is 20.2. The first-order valence-electron chi connectivity index (χ1n) is 21.4. The summed E-state index contributed by atoms with van der Waals surface area (Å²) < 4.78 is 26.9. The molecule has 2 aromatic rings. The fourth-order valence-corrected chi connectivity index (χ4v) is 11.1. The van der Waals surface area contributed by atoms with Crippen molar-refractivity contribution in [2.24, 2.45) is 0 Å². The minimum absolute atomic E-state index is 0.0312. The van der Waals surface area contributed by atoms with Gasteiger partial charge in [-0.15, -0.1) is 0 Å². The summed E-state index contributed by atoms with van der Waals surface area (Å²) in [5.74, 6) is -0.0625. The van der Waals surface area contributed by atoms with Gasteiger partial charge in [0.2, 0.25) is 21.7 Å². The molecule has 4 aliphatic rings. The minimum atomic E-state index is -3.76. The molecule has 2 N–H and O–H groups in total. The molecule has 0 spiro atoms. The standard InChI is InChI=1S/C44H66N4O4S/c49-43(23-13-33-47(37-15-5-1-6-16-37)38-17-7-2-8-18-38)45-35-25-29-41(30-26-35)53(51,52)42-31-27-36(28-32-42)46-44(50)24-14-34-48(39-19-9-3-10-20-39)40-21-11-4-12-22-40/h25-32,37-40H,1-24,33-34H2,(H,45,49)(H,46,50). The van der Waals surface area contributed by atoms with Crippen LogP contribution in [0.15, 0.2) is 58.3 Å². The highest BCUT2D eigenvalue weighted by Crippen LogP contribution is 2.32. The van der Waals surface area contributed by atoms with Crippen molar-refractivity contribution < 1.29 is 18.0 Å². The Balaban J connectivity index is 0.947. The lowest BCUT2D eigenvalue weighted by molar-refractivity contribution is -0.117. The number of benzene rings is 2. The van der Waals surface area contributed by atoms with Gasteiger partial charge < -0.3 is 10.6 Å². The van der Waals surface area contributed by atoms with E-state index in [0.717, 1.165) is 25.9 Å². The number of hydrogen-bond donors (Lipinski definition) is 2. The summed E-state index contributed by atoms with van der Waals surface area (Å²) in [4.78, 5) is 31.6. The summed E-state index contributed by atoms with van der Waals surface area (Å²) >= 11 is 0. The van der Waals surface area contributed by atoms with E-state index in [1.54, 1.807) is 48.5 Å². The monoisotopic (exact) mass is 746 g/mol. The number of amides is 2. The third kappa shape index (κ3) is 11.6. The van der Waals surface area contributed by atoms with Crippen LogP contribution in [0.25, 0.3) is 0 Å². The maximum absolute atomic E-state index is 13.4. The van der Waals surface area contributed by atoms with E-state index in [1.165, 1.54) is 128 Å². The van der Waals surface area contributed by atoms with Gasteiger partial charge in [-0.1, -0.05) is 77.0 Å². The molecular formula is C44H66N4O4S. The lowest BCUT2D eigenvalue weighted by Gasteiger charge is -2.41. The molecule has 53 heavy (non-hydrogen) atoms. The van der Waals surface area contributed by atoms with E-state index in [4.69, 9.17) is 0 Å². The van der Waals surface area contributed by atoms with Crippen molar-refractivity contribution in [3.05, 3.63) is 48.5 Å². The Labute approximate surface area is 320 Å². The molecule has 0 unspecified atom stereocenters. The normalized spacial score (nSPS) is 20.1. The van der Waals surface area contributed by atoms with Crippen LogP contribution in [0.5, 0.6) is 0 Å². The molecule has 0 aromatic heterocycles. The molecule has 0 radical (unpaired) electrons. The Morgan fingerprint density at radius 2 is 0.755 bits per heavy atom. The SMILES string of the molecule is O=C(CCCN(C1CCCCC1)C1CCCCC1)Nc1ccc(S(=O)(=O)c2ccc(NC(=O)CCCN(C3CCCCC3)C3CCCCC3)cc2)cc1. The van der Waals surface area contributed by atoms with Crippen LogP contribution in [0.2, 0.25) is 0 Å². The van der Waals surface area contributed by atoms with Crippen molar-refractivity contribution in [2.75, 3.05) is 23.7 Å². The van der Waals surface area contributed by atoms with Gasteiger partial charge in [0.05, 0.1) is 9.79 Å². The third-order valence-corrected chi connectivity index (χ3v) is 14.5. The van der Waals surface area contributed by atoms with Gasteiger partial charge in [-0.05, 0) is 126 Å². The Kier molecular flexibility index (Phi) is 15.3. The van der Waals surface area contributed by atoms with E-state index in [0.29, 0.717) is 48.4 Å². The molecule has 4 aliphatic carbocycles. The molecule has 9 heteroatoms. The van der Waals surface area contributed by atoms with Gasteiger partial charge in [0.25, 0.3) is 0 Å². The van der Waals surface area contributed by atoms with Gasteiger partial charge in [0, 0.05) is 48.4 Å². The number of rotatable bonds is 16. The van der Waals surface area contributed by atoms with Crippen molar-refractivity contribution >= 4 is 33.0 Å². The number of hydrogen-bond acceptors (Lipinski definition) is 6. The summed E-state index contributed by atoms with van der Waals surface area (Å²) in [6.07, 6.45) is 28.9. The first-order valence-corrected chi connectivity index (χ1v) is 22.9. The van der Waals surface area contributed by atoms with Crippen molar-refractivity contribution in [1.29, 1.82) is 0 Å². The zero-order valence-corrected chi connectivity index (χ0v) is 33.1. The van der Waals surface area contributed by atoms with Crippen LogP contribution in [-0.4, -0.2) is 67.3 Å². The van der Waals surface area contributed by atoms with Crippen LogP contribution < -0.4 is 10.6 Å². The van der Waals surface area contributed by atoms with E-state index in [2.05, 4.69) is 20.4 Å². The Morgan fingerprint density at radius 3 is 1.04 bits per heavy atom. The second-order valence-corrected chi connectivity index (χ2v) is 18.4. The zero-order chi connectivity index (χ0) is 36.9. The summed E-state index contributed by atoms with van der Waals surface area (Å²) in [6.45, 7) is 1.95. The van der Waals surface area contributed by atoms with Gasteiger partial charge >= 0.3 is 0 Å². The number of nitrogens with one attached hydrogen (secondary N) is 2. The average molecular weight is 747 g/mol. The summed E-state index contributed by atoms with van der Waals surface area (Å²) in [6, 6.07) is 15.6. The van der Waals surface area contributed by atoms with E-state index in [1.807, 2.05) is 0 Å². The first-order chi connectivity index (χ1) is 25.9. The minimum Gasteiger partial charge on any atom is -0.326 e. The molecule has 8 nitrogen and oxygen atoms in total. The summed E-state index contributed by atoms with van der Waals surface area (Å²) in [5.41, 5.74) is 1.20. The summed E-state index contributed by atoms with van der Waals surface area (Å²) in [7, 11) is -3.76. The quantitative estimate of drug-likeness (QED) is 0.178. The second-order valence-electron chi connectivity index (χ2n) is 16.5. The summed E-state index contributed by atoms with van der Waals surface area (Å²) in [5, 5.41) is 5.95. The molecule has 0 atom stereocenters. The molecule has 6 rings (SSSR count). The number of anilines is 2. The fourth-order valence-electron chi connectivity index (χ4n) is 9.84. The molecule has 2 aromatic carbocycles. The molecular weight excluding hydrogens is 681 g/mol. The van der Waals surface area contributed by atoms with Crippen LogP contribution in [0.4, 0.5) is 11.4 Å². The molecule has 4 saturated carbocycles. The van der Waals surface area contributed by atoms with Crippen LogP contribution in [0.1, 0.15) is 154 Å². The van der Waals surface area contributed by atoms with Gasteiger partial charge in [0.1, 0.15) is 0 Å². The molecule has 292 valence electrons. The molecule has 2 amide bonds. The Bertz CT molecular complexity index is 1380. The maximum Gasteiger partial charge on any atom is 0.224 e. The molecule has 0 saturated heterocycles. The number of sulfone groups is 1. The number of carbonyl (C=O) groups is 2. The topological polar surface area (TPSA) is 98.8 Å². The predicted molar refractivity (Wildman–Crippen MR) is 215 cm³/mol. The Morgan fingerprint density at radius 1 is 0.472 bits per heavy atom. The lowest BCUT2D eigenvalue weighted by Crippen LogP contribution is -2.45. The van der Waals surface area contributed by atoms with Gasteiger partial charge in [0.15, 0.2) is 0 Å². The molecule has 4 fully saturated rings. The lowest BCUT2D eigenvalue weighted by atomic mass is 9.88. The Hall–Kier alpha value is -2.75. The fraction of sp³-hybridized carbons (Fsp3) is 0.682. The van der Waals surface area contributed by atoms with E-state index >= 15 is 0 Å². The maximum atomic E-state index is 13.4. The van der Waals surface area contributed by atoms with Crippen LogP contribution in [0, 0.1) is 0 Å². The highest BCUT2D eigenvalue weighted by molar-refractivity contribution is 7.91. The highest BCUT2D eigenvalue weighted by atomic mass is 32.2. The predicted octanol–water partition coefficient (Wildman–Crippen LogP) is 9.89. The van der Waals surface area contributed by atoms with Gasteiger partial charge in [-0.2, -0.15) is 0 Å². The molecule has 0 heterocycles. The van der Waals surface area contributed by atoms with Crippen molar-refractivity contribution in [3.8, 4) is 0 Å². The highest BCUT2D eigenvalue weighted by Gasteiger charge is 2.30. The average Bonchev–Trinajstić information content (AvgIpc) is 3.20. The third-order valence-electron chi connectivity index (χ3n) is 12.7. The van der Waals surface area contributed by atoms with E-state index < -0.39 is 9.84 Å². The van der Waals surface area contributed by atoms with E-state index in [9.17, 15) is 18.0 Å². The van der Waals surface area contributed by atoms with Crippen molar-refractivity contribution in [2.45, 2.75) is 188 Å². The molecule has 0 bridgehead atoms. The number of carbonyl (C=O) groups excluding carboxylic acids is 2. The van der Waals surface area contributed by atoms with Gasteiger partial charge in [-0.3, -0.25) is 19.4 Å². The van der Waals surface area contributed by atoms with Crippen LogP contribution in [0.3, 0.4) is 0 Å². The van der Waals surface area contributed by atoms with Gasteiger partial charge in [-0.25, -0.2) is 8.42 Å². The first kappa shape index (κ1) is 39.9. The van der Waals surface area contributed by atoms with Crippen LogP contribution in [-0.2, 0) is 19.4 Å². The number of nitrogens with zero attached hydrogens (tertiary/aromatic N) is 2. The molecule has 0 aliphatic heterocycles. The van der Waals surface area contributed by atoms with Crippen molar-refractivity contribution in [3.63, 3.8) is 0 Å². The van der Waals surface area contributed by atoms with Crippen LogP contribution >= 0.6 is 0 Å². The smallest absolute Gasteiger partial charge is 0.224 e. The zero-order valence-electron chi connectivity index (χ0n) is 32.2. The largest absolute Gasteiger partial charge is 0.326 e.